The van der Waals surface area contributed by atoms with E-state index in [1.807, 2.05) is 24.1 Å². The fourth-order valence-electron chi connectivity index (χ4n) is 3.79. The SMILES string of the molecule is COCCOc1ccc(C(=O)Nc2ccccc2C(=O)N(C)C2CCCCC2)cc1Br. The third-order valence-corrected chi connectivity index (χ3v) is 6.21. The van der Waals surface area contributed by atoms with Gasteiger partial charge in [0.1, 0.15) is 12.4 Å². The Morgan fingerprint density at radius 1 is 1.10 bits per heavy atom. The maximum Gasteiger partial charge on any atom is 0.255 e. The highest BCUT2D eigenvalue weighted by molar-refractivity contribution is 9.10. The Bertz CT molecular complexity index is 912. The van der Waals surface area contributed by atoms with Gasteiger partial charge in [-0.1, -0.05) is 31.4 Å². The molecule has 0 aromatic heterocycles. The van der Waals surface area contributed by atoms with Crippen LogP contribution in [0.15, 0.2) is 46.9 Å². The van der Waals surface area contributed by atoms with Crippen molar-refractivity contribution in [1.82, 2.24) is 4.90 Å². The van der Waals surface area contributed by atoms with E-state index in [1.165, 1.54) is 6.42 Å². The van der Waals surface area contributed by atoms with E-state index in [9.17, 15) is 9.59 Å². The zero-order chi connectivity index (χ0) is 22.2. The van der Waals surface area contributed by atoms with Gasteiger partial charge in [-0.25, -0.2) is 0 Å². The van der Waals surface area contributed by atoms with Crippen LogP contribution in [0.2, 0.25) is 0 Å². The fraction of sp³-hybridized carbons (Fsp3) is 0.417. The van der Waals surface area contributed by atoms with Gasteiger partial charge < -0.3 is 19.7 Å². The maximum absolute atomic E-state index is 13.1. The number of carbonyl (C=O) groups is 2. The van der Waals surface area contributed by atoms with Gasteiger partial charge in [-0.2, -0.15) is 0 Å². The third kappa shape index (κ3) is 6.08. The first-order chi connectivity index (χ1) is 15.0. The number of halogens is 1. The largest absolute Gasteiger partial charge is 0.490 e. The molecule has 31 heavy (non-hydrogen) atoms. The number of benzene rings is 2. The zero-order valence-electron chi connectivity index (χ0n) is 18.0. The Labute approximate surface area is 192 Å². The molecular formula is C24H29BrN2O4. The summed E-state index contributed by atoms with van der Waals surface area (Å²) < 4.78 is 11.3. The van der Waals surface area contributed by atoms with Gasteiger partial charge in [-0.15, -0.1) is 0 Å². The van der Waals surface area contributed by atoms with Gasteiger partial charge in [0.15, 0.2) is 0 Å². The lowest BCUT2D eigenvalue weighted by Gasteiger charge is -2.31. The van der Waals surface area contributed by atoms with Crippen LogP contribution in [0.5, 0.6) is 5.75 Å². The number of para-hydroxylation sites is 1. The molecule has 0 aliphatic heterocycles. The van der Waals surface area contributed by atoms with Gasteiger partial charge in [0.25, 0.3) is 11.8 Å². The van der Waals surface area contributed by atoms with Crippen molar-refractivity contribution in [3.05, 3.63) is 58.1 Å². The minimum atomic E-state index is -0.287. The van der Waals surface area contributed by atoms with Crippen molar-refractivity contribution in [3.8, 4) is 5.75 Å². The lowest BCUT2D eigenvalue weighted by Crippen LogP contribution is -2.38. The van der Waals surface area contributed by atoms with Crippen LogP contribution in [-0.2, 0) is 4.74 Å². The molecular weight excluding hydrogens is 460 g/mol. The minimum Gasteiger partial charge on any atom is -0.490 e. The number of nitrogens with one attached hydrogen (secondary N) is 1. The van der Waals surface area contributed by atoms with Gasteiger partial charge in [0.2, 0.25) is 0 Å². The van der Waals surface area contributed by atoms with Crippen LogP contribution in [-0.4, -0.2) is 50.1 Å². The van der Waals surface area contributed by atoms with Crippen molar-refractivity contribution in [1.29, 1.82) is 0 Å². The summed E-state index contributed by atoms with van der Waals surface area (Å²) >= 11 is 3.45. The van der Waals surface area contributed by atoms with E-state index in [0.717, 1.165) is 25.7 Å². The van der Waals surface area contributed by atoms with Crippen LogP contribution < -0.4 is 10.1 Å². The maximum atomic E-state index is 13.1. The molecule has 0 heterocycles. The van der Waals surface area contributed by atoms with Crippen molar-refractivity contribution in [2.75, 3.05) is 32.7 Å². The number of hydrogen-bond acceptors (Lipinski definition) is 4. The predicted octanol–water partition coefficient (Wildman–Crippen LogP) is 5.13. The van der Waals surface area contributed by atoms with Crippen LogP contribution in [0.1, 0.15) is 52.8 Å². The molecule has 0 radical (unpaired) electrons. The van der Waals surface area contributed by atoms with Crippen molar-refractivity contribution in [3.63, 3.8) is 0 Å². The topological polar surface area (TPSA) is 67.9 Å². The Balaban J connectivity index is 1.72. The minimum absolute atomic E-state index is 0.0640. The smallest absolute Gasteiger partial charge is 0.255 e. The molecule has 1 aliphatic rings. The second-order valence-electron chi connectivity index (χ2n) is 7.69. The molecule has 3 rings (SSSR count). The van der Waals surface area contributed by atoms with E-state index in [-0.39, 0.29) is 17.9 Å². The van der Waals surface area contributed by atoms with E-state index < -0.39 is 0 Å². The monoisotopic (exact) mass is 488 g/mol. The number of hydrogen-bond donors (Lipinski definition) is 1. The summed E-state index contributed by atoms with van der Waals surface area (Å²) in [6.07, 6.45) is 5.60. The molecule has 6 nitrogen and oxygen atoms in total. The number of carbonyl (C=O) groups excluding carboxylic acids is 2. The van der Waals surface area contributed by atoms with Crippen molar-refractivity contribution < 1.29 is 19.1 Å². The molecule has 2 aromatic rings. The van der Waals surface area contributed by atoms with Crippen molar-refractivity contribution in [2.24, 2.45) is 0 Å². The molecule has 2 amide bonds. The predicted molar refractivity (Wildman–Crippen MR) is 125 cm³/mol. The Morgan fingerprint density at radius 3 is 2.55 bits per heavy atom. The molecule has 0 spiro atoms. The van der Waals surface area contributed by atoms with E-state index in [0.29, 0.717) is 40.3 Å². The van der Waals surface area contributed by atoms with E-state index in [1.54, 1.807) is 37.4 Å². The van der Waals surface area contributed by atoms with Crippen LogP contribution >= 0.6 is 15.9 Å². The lowest BCUT2D eigenvalue weighted by molar-refractivity contribution is 0.0697. The molecule has 1 aliphatic carbocycles. The number of anilines is 1. The molecule has 166 valence electrons. The molecule has 7 heteroatoms. The normalized spacial score (nSPS) is 14.2. The summed E-state index contributed by atoms with van der Waals surface area (Å²) in [6.45, 7) is 0.902. The number of amides is 2. The second kappa shape index (κ2) is 11.3. The first-order valence-corrected chi connectivity index (χ1v) is 11.4. The summed E-state index contributed by atoms with van der Waals surface area (Å²) in [7, 11) is 3.47. The number of methoxy groups -OCH3 is 1. The van der Waals surface area contributed by atoms with Gasteiger partial charge in [0, 0.05) is 25.8 Å². The van der Waals surface area contributed by atoms with Crippen molar-refractivity contribution >= 4 is 33.4 Å². The summed E-state index contributed by atoms with van der Waals surface area (Å²) in [5.74, 6) is 0.286. The van der Waals surface area contributed by atoms with E-state index in [4.69, 9.17) is 9.47 Å². The van der Waals surface area contributed by atoms with Gasteiger partial charge in [0.05, 0.1) is 22.3 Å². The van der Waals surface area contributed by atoms with Crippen molar-refractivity contribution in [2.45, 2.75) is 38.1 Å². The molecule has 1 N–H and O–H groups in total. The quantitative estimate of drug-likeness (QED) is 0.522. The number of rotatable bonds is 8. The van der Waals surface area contributed by atoms with Crippen LogP contribution in [0, 0.1) is 0 Å². The Morgan fingerprint density at radius 2 is 1.84 bits per heavy atom. The highest BCUT2D eigenvalue weighted by Gasteiger charge is 2.25. The highest BCUT2D eigenvalue weighted by Crippen LogP contribution is 2.28. The Hall–Kier alpha value is -2.38. The van der Waals surface area contributed by atoms with Crippen LogP contribution in [0.3, 0.4) is 0 Å². The second-order valence-corrected chi connectivity index (χ2v) is 8.55. The molecule has 0 saturated heterocycles. The molecule has 2 aromatic carbocycles. The lowest BCUT2D eigenvalue weighted by atomic mass is 9.94. The first kappa shape index (κ1) is 23.3. The summed E-state index contributed by atoms with van der Waals surface area (Å²) in [5.41, 5.74) is 1.48. The van der Waals surface area contributed by atoms with Crippen LogP contribution in [0.25, 0.3) is 0 Å². The highest BCUT2D eigenvalue weighted by atomic mass is 79.9. The molecule has 0 atom stereocenters. The standard InChI is InChI=1S/C24H29BrN2O4/c1-27(18-8-4-3-5-9-18)24(29)19-10-6-7-11-21(19)26-23(28)17-12-13-22(20(25)16-17)31-15-14-30-2/h6-7,10-13,16,18H,3-5,8-9,14-15H2,1-2H3,(H,26,28). The zero-order valence-corrected chi connectivity index (χ0v) is 19.6. The first-order valence-electron chi connectivity index (χ1n) is 10.6. The fourth-order valence-corrected chi connectivity index (χ4v) is 4.28. The summed E-state index contributed by atoms with van der Waals surface area (Å²) in [4.78, 5) is 27.8. The summed E-state index contributed by atoms with van der Waals surface area (Å²) in [6, 6.07) is 12.6. The molecule has 1 fully saturated rings. The molecule has 1 saturated carbocycles. The average Bonchev–Trinajstić information content (AvgIpc) is 2.80. The molecule has 0 bridgehead atoms. The van der Waals surface area contributed by atoms with Crippen LogP contribution in [0.4, 0.5) is 5.69 Å². The molecule has 0 unspecified atom stereocenters. The van der Waals surface area contributed by atoms with Gasteiger partial charge >= 0.3 is 0 Å². The Kier molecular flexibility index (Phi) is 8.49. The summed E-state index contributed by atoms with van der Waals surface area (Å²) in [5, 5.41) is 2.90. The average molecular weight is 489 g/mol. The van der Waals surface area contributed by atoms with E-state index in [2.05, 4.69) is 21.2 Å². The third-order valence-electron chi connectivity index (χ3n) is 5.59. The number of ether oxygens (including phenoxy) is 2. The van der Waals surface area contributed by atoms with Gasteiger partial charge in [-0.3, -0.25) is 9.59 Å². The number of nitrogens with zero attached hydrogens (tertiary/aromatic N) is 1. The van der Waals surface area contributed by atoms with Gasteiger partial charge in [-0.05, 0) is 59.1 Å². The van der Waals surface area contributed by atoms with E-state index >= 15 is 0 Å².